The molecule has 0 aliphatic rings. The zero-order valence-electron chi connectivity index (χ0n) is 27.4. The first-order valence-electron chi connectivity index (χ1n) is 16.0. The Morgan fingerprint density at radius 2 is 0.886 bits per heavy atom. The average molecular weight is 589 g/mol. The molecule has 4 nitrogen and oxygen atoms in total. The third-order valence-corrected chi connectivity index (χ3v) is 8.91. The molecule has 0 radical (unpaired) electrons. The lowest BCUT2D eigenvalue weighted by molar-refractivity contribution is -0.122. The van der Waals surface area contributed by atoms with Crippen molar-refractivity contribution in [2.75, 3.05) is 0 Å². The van der Waals surface area contributed by atoms with Crippen molar-refractivity contribution in [2.45, 2.75) is 93.2 Å². The zero-order valence-corrected chi connectivity index (χ0v) is 27.4. The number of amides is 2. The maximum atomic E-state index is 12.4. The van der Waals surface area contributed by atoms with Crippen molar-refractivity contribution >= 4 is 11.8 Å². The Kier molecular flexibility index (Phi) is 11.5. The molecule has 2 amide bonds. The molecule has 230 valence electrons. The number of rotatable bonds is 13. The van der Waals surface area contributed by atoms with Crippen LogP contribution in [0.3, 0.4) is 0 Å². The summed E-state index contributed by atoms with van der Waals surface area (Å²) in [5, 5.41) is 6.13. The predicted molar refractivity (Wildman–Crippen MR) is 184 cm³/mol. The highest BCUT2D eigenvalue weighted by molar-refractivity contribution is 5.77. The van der Waals surface area contributed by atoms with Crippen LogP contribution in [-0.2, 0) is 22.7 Å². The first-order valence-corrected chi connectivity index (χ1v) is 16.0. The van der Waals surface area contributed by atoms with Crippen LogP contribution in [0.15, 0.2) is 72.8 Å². The van der Waals surface area contributed by atoms with Crippen LogP contribution in [-0.4, -0.2) is 11.8 Å². The van der Waals surface area contributed by atoms with E-state index in [9.17, 15) is 9.59 Å². The number of carbonyl (C=O) groups excluding carboxylic acids is 2. The predicted octanol–water partition coefficient (Wildman–Crippen LogP) is 9.14. The molecule has 4 heteroatoms. The quantitative estimate of drug-likeness (QED) is 0.153. The van der Waals surface area contributed by atoms with Gasteiger partial charge >= 0.3 is 0 Å². The van der Waals surface area contributed by atoms with Gasteiger partial charge in [-0.3, -0.25) is 9.59 Å². The Morgan fingerprint density at radius 1 is 0.477 bits per heavy atom. The van der Waals surface area contributed by atoms with Crippen LogP contribution >= 0.6 is 0 Å². The molecular weight excluding hydrogens is 540 g/mol. The molecule has 0 saturated carbocycles. The van der Waals surface area contributed by atoms with Gasteiger partial charge in [0, 0.05) is 25.9 Å². The number of aryl methyl sites for hydroxylation is 4. The number of nitrogens with one attached hydrogen (secondary N) is 2. The van der Waals surface area contributed by atoms with Crippen molar-refractivity contribution in [3.05, 3.63) is 117 Å². The van der Waals surface area contributed by atoms with Gasteiger partial charge in [0.15, 0.2) is 0 Å². The maximum absolute atomic E-state index is 12.4. The lowest BCUT2D eigenvalue weighted by Gasteiger charge is -2.13. The summed E-state index contributed by atoms with van der Waals surface area (Å²) in [6.45, 7) is 14.0. The summed E-state index contributed by atoms with van der Waals surface area (Å²) < 4.78 is 0. The Labute approximate surface area is 264 Å². The lowest BCUT2D eigenvalue weighted by atomic mass is 9.93. The van der Waals surface area contributed by atoms with Gasteiger partial charge in [-0.25, -0.2) is 0 Å². The second-order valence-electron chi connectivity index (χ2n) is 12.3. The van der Waals surface area contributed by atoms with E-state index in [4.69, 9.17) is 0 Å². The molecule has 44 heavy (non-hydrogen) atoms. The van der Waals surface area contributed by atoms with E-state index in [1.807, 2.05) is 0 Å². The van der Waals surface area contributed by atoms with Crippen molar-refractivity contribution < 1.29 is 9.59 Å². The van der Waals surface area contributed by atoms with Gasteiger partial charge in [-0.2, -0.15) is 0 Å². The molecule has 4 aromatic carbocycles. The largest absolute Gasteiger partial charge is 0.352 e. The zero-order chi connectivity index (χ0) is 31.6. The molecule has 4 aromatic rings. The van der Waals surface area contributed by atoms with Crippen molar-refractivity contribution in [1.29, 1.82) is 0 Å². The van der Waals surface area contributed by atoms with Crippen LogP contribution in [0.4, 0.5) is 0 Å². The van der Waals surface area contributed by atoms with Gasteiger partial charge in [0.25, 0.3) is 0 Å². The topological polar surface area (TPSA) is 58.2 Å². The first-order chi connectivity index (χ1) is 21.1. The fourth-order valence-electron chi connectivity index (χ4n) is 5.86. The van der Waals surface area contributed by atoms with Crippen molar-refractivity contribution in [2.24, 2.45) is 0 Å². The Bertz CT molecular complexity index is 1500. The summed E-state index contributed by atoms with van der Waals surface area (Å²) in [7, 11) is 0. The molecule has 0 unspecified atom stereocenters. The molecule has 2 N–H and O–H groups in total. The third kappa shape index (κ3) is 8.69. The van der Waals surface area contributed by atoms with Gasteiger partial charge < -0.3 is 10.6 Å². The molecule has 0 heterocycles. The Morgan fingerprint density at radius 3 is 1.27 bits per heavy atom. The van der Waals surface area contributed by atoms with Crippen molar-refractivity contribution in [3.8, 4) is 22.3 Å². The average Bonchev–Trinajstić information content (AvgIpc) is 3.00. The van der Waals surface area contributed by atoms with Crippen LogP contribution in [0, 0.1) is 41.5 Å². The Balaban J connectivity index is 1.10. The minimum Gasteiger partial charge on any atom is -0.352 e. The summed E-state index contributed by atoms with van der Waals surface area (Å²) in [6.07, 6.45) is 4.60. The smallest absolute Gasteiger partial charge is 0.220 e. The van der Waals surface area contributed by atoms with Crippen LogP contribution < -0.4 is 10.6 Å². The molecular formula is C40H48N2O2. The highest BCUT2D eigenvalue weighted by Crippen LogP contribution is 2.30. The summed E-state index contributed by atoms with van der Waals surface area (Å²) >= 11 is 0. The maximum Gasteiger partial charge on any atom is 0.220 e. The van der Waals surface area contributed by atoms with E-state index in [1.165, 1.54) is 55.6 Å². The van der Waals surface area contributed by atoms with Crippen molar-refractivity contribution in [1.82, 2.24) is 10.6 Å². The van der Waals surface area contributed by atoms with E-state index in [-0.39, 0.29) is 11.8 Å². The second kappa shape index (κ2) is 15.5. The fraction of sp³-hybridized carbons (Fsp3) is 0.350. The van der Waals surface area contributed by atoms with E-state index in [2.05, 4.69) is 125 Å². The van der Waals surface area contributed by atoms with Crippen LogP contribution in [0.1, 0.15) is 83.0 Å². The molecule has 0 fully saturated rings. The summed E-state index contributed by atoms with van der Waals surface area (Å²) in [5.74, 6) is 0.163. The fourth-order valence-corrected chi connectivity index (χ4v) is 5.86. The molecule has 0 saturated heterocycles. The van der Waals surface area contributed by atoms with E-state index in [1.54, 1.807) is 0 Å². The number of hydrogen-bond acceptors (Lipinski definition) is 2. The van der Waals surface area contributed by atoms with Crippen LogP contribution in [0.25, 0.3) is 22.3 Å². The number of benzene rings is 4. The molecule has 0 aromatic heterocycles. The normalized spacial score (nSPS) is 11.0. The van der Waals surface area contributed by atoms with E-state index < -0.39 is 0 Å². The highest BCUT2D eigenvalue weighted by atomic mass is 16.2. The standard InChI is InChI=1S/C40H48N2O2/c1-27-13-11-15-37(31(27)5)35-21-19-33(23-29(35)3)25-41-39(43)17-9-7-8-10-18-40(44)42-26-34-20-22-36(30(4)24-34)38-16-12-14-28(2)32(38)6/h11-16,19-24H,7-10,17-18,25-26H2,1-6H3,(H,41,43)(H,42,44). The third-order valence-electron chi connectivity index (χ3n) is 8.91. The van der Waals surface area contributed by atoms with Crippen LogP contribution in [0.2, 0.25) is 0 Å². The monoisotopic (exact) mass is 588 g/mol. The van der Waals surface area contributed by atoms with Gasteiger partial charge in [-0.1, -0.05) is 85.6 Å². The van der Waals surface area contributed by atoms with E-state index >= 15 is 0 Å². The summed E-state index contributed by atoms with van der Waals surface area (Å²) in [6, 6.07) is 25.7. The molecule has 4 rings (SSSR count). The lowest BCUT2D eigenvalue weighted by Crippen LogP contribution is -2.22. The molecule has 0 aliphatic carbocycles. The summed E-state index contributed by atoms with van der Waals surface area (Å²) in [5.41, 5.74) is 14.9. The van der Waals surface area contributed by atoms with E-state index in [0.29, 0.717) is 25.9 Å². The van der Waals surface area contributed by atoms with Gasteiger partial charge in [-0.15, -0.1) is 0 Å². The number of unbranched alkanes of at least 4 members (excludes halogenated alkanes) is 3. The van der Waals surface area contributed by atoms with Crippen LogP contribution in [0.5, 0.6) is 0 Å². The molecule has 0 spiro atoms. The minimum atomic E-state index is 0.0814. The second-order valence-corrected chi connectivity index (χ2v) is 12.3. The molecule has 0 atom stereocenters. The highest BCUT2D eigenvalue weighted by Gasteiger charge is 2.10. The molecule has 0 aliphatic heterocycles. The van der Waals surface area contributed by atoms with E-state index in [0.717, 1.165) is 36.8 Å². The SMILES string of the molecule is Cc1cc(CNC(=O)CCCCCCC(=O)NCc2ccc(-c3cccc(C)c3C)c(C)c2)ccc1-c1cccc(C)c1C. The number of carbonyl (C=O) groups is 2. The van der Waals surface area contributed by atoms with Gasteiger partial charge in [0.1, 0.15) is 0 Å². The number of hydrogen-bond donors (Lipinski definition) is 2. The van der Waals surface area contributed by atoms with Gasteiger partial charge in [-0.05, 0) is 121 Å². The molecule has 0 bridgehead atoms. The minimum absolute atomic E-state index is 0.0814. The van der Waals surface area contributed by atoms with Gasteiger partial charge in [0.2, 0.25) is 11.8 Å². The Hall–Kier alpha value is -4.18. The first kappa shape index (κ1) is 32.7. The van der Waals surface area contributed by atoms with Crippen molar-refractivity contribution in [3.63, 3.8) is 0 Å². The summed E-state index contributed by atoms with van der Waals surface area (Å²) in [4.78, 5) is 24.8. The van der Waals surface area contributed by atoms with Gasteiger partial charge in [0.05, 0.1) is 0 Å².